The van der Waals surface area contributed by atoms with Crippen LogP contribution in [-0.4, -0.2) is 21.8 Å². The monoisotopic (exact) mass is 382 g/mol. The average Bonchev–Trinajstić information content (AvgIpc) is 3.26. The second kappa shape index (κ2) is 5.85. The summed E-state index contributed by atoms with van der Waals surface area (Å²) in [4.78, 5) is 11.2. The highest BCUT2D eigenvalue weighted by molar-refractivity contribution is 5.65. The van der Waals surface area contributed by atoms with Crippen molar-refractivity contribution >= 4 is 5.69 Å². The Morgan fingerprint density at radius 2 is 2.00 bits per heavy atom. The Kier molecular flexibility index (Phi) is 3.92. The van der Waals surface area contributed by atoms with Gasteiger partial charge in [-0.2, -0.15) is 13.2 Å². The van der Waals surface area contributed by atoms with E-state index < -0.39 is 17.5 Å². The predicted molar refractivity (Wildman–Crippen MR) is 93.1 cm³/mol. The minimum atomic E-state index is -4.51. The SMILES string of the molecule is C[C@H](Nc1cc(-c2n[nH]c(=O)o2)ccc1C(F)(F)F)C12CCC(N)(CC1)C2. The van der Waals surface area contributed by atoms with Gasteiger partial charge in [-0.05, 0) is 62.6 Å². The molecule has 27 heavy (non-hydrogen) atoms. The number of fused-ring (bicyclic) bond motifs is 2. The number of anilines is 1. The summed E-state index contributed by atoms with van der Waals surface area (Å²) >= 11 is 0. The molecule has 4 rings (SSSR count). The van der Waals surface area contributed by atoms with E-state index in [4.69, 9.17) is 10.2 Å². The average molecular weight is 382 g/mol. The lowest BCUT2D eigenvalue weighted by Crippen LogP contribution is -2.36. The van der Waals surface area contributed by atoms with Crippen LogP contribution in [0.4, 0.5) is 18.9 Å². The number of halogens is 3. The third-order valence-electron chi connectivity index (χ3n) is 6.25. The quantitative estimate of drug-likeness (QED) is 0.752. The van der Waals surface area contributed by atoms with Gasteiger partial charge < -0.3 is 15.5 Å². The summed E-state index contributed by atoms with van der Waals surface area (Å²) in [5, 5.41) is 8.88. The molecule has 2 aliphatic rings. The summed E-state index contributed by atoms with van der Waals surface area (Å²) < 4.78 is 45.4. The Hall–Kier alpha value is -2.29. The van der Waals surface area contributed by atoms with Crippen LogP contribution in [0.15, 0.2) is 27.4 Å². The summed E-state index contributed by atoms with van der Waals surface area (Å²) in [6.07, 6.45) is -0.0514. The van der Waals surface area contributed by atoms with Crippen molar-refractivity contribution in [2.75, 3.05) is 5.32 Å². The van der Waals surface area contributed by atoms with Crippen LogP contribution in [0.1, 0.15) is 44.6 Å². The lowest BCUT2D eigenvalue weighted by atomic mass is 9.78. The molecule has 0 saturated heterocycles. The number of alkyl halides is 3. The molecule has 1 atom stereocenters. The van der Waals surface area contributed by atoms with Gasteiger partial charge in [0.15, 0.2) is 0 Å². The fourth-order valence-electron chi connectivity index (χ4n) is 4.67. The molecule has 2 fully saturated rings. The molecule has 2 bridgehead atoms. The van der Waals surface area contributed by atoms with Gasteiger partial charge in [-0.15, -0.1) is 5.10 Å². The van der Waals surface area contributed by atoms with Gasteiger partial charge in [0.1, 0.15) is 0 Å². The predicted octanol–water partition coefficient (Wildman–Crippen LogP) is 3.51. The smallest absolute Gasteiger partial charge is 0.388 e. The Morgan fingerprint density at radius 3 is 2.52 bits per heavy atom. The molecular weight excluding hydrogens is 361 g/mol. The van der Waals surface area contributed by atoms with Crippen molar-refractivity contribution in [2.45, 2.75) is 56.8 Å². The molecular formula is C18H21F3N4O2. The summed E-state index contributed by atoms with van der Waals surface area (Å²) in [6.45, 7) is 1.92. The summed E-state index contributed by atoms with van der Waals surface area (Å²) in [5.74, 6) is -0.812. The van der Waals surface area contributed by atoms with Crippen LogP contribution in [0.5, 0.6) is 0 Å². The van der Waals surface area contributed by atoms with Gasteiger partial charge in [-0.1, -0.05) is 0 Å². The Bertz CT molecular complexity index is 910. The van der Waals surface area contributed by atoms with Crippen LogP contribution in [0.2, 0.25) is 0 Å². The molecule has 2 aromatic rings. The number of aromatic amines is 1. The lowest BCUT2D eigenvalue weighted by molar-refractivity contribution is -0.137. The standard InChI is InChI=1S/C18H21F3N4O2/c1-10(16-4-6-17(22,9-16)7-5-16)23-13-8-11(14-24-25-15(26)27-14)2-3-12(13)18(19,20)21/h2-3,8,10,23H,4-7,9,22H2,1H3,(H,25,26)/t10-,16?,17?/m0/s1. The molecule has 0 unspecified atom stereocenters. The number of benzene rings is 1. The molecule has 4 N–H and O–H groups in total. The first kappa shape index (κ1) is 18.1. The van der Waals surface area contributed by atoms with Gasteiger partial charge in [0.25, 0.3) is 0 Å². The largest absolute Gasteiger partial charge is 0.434 e. The van der Waals surface area contributed by atoms with Crippen molar-refractivity contribution < 1.29 is 17.6 Å². The maximum atomic E-state index is 13.5. The highest BCUT2D eigenvalue weighted by atomic mass is 19.4. The molecule has 9 heteroatoms. The number of nitrogens with two attached hydrogens (primary N) is 1. The summed E-state index contributed by atoms with van der Waals surface area (Å²) in [6, 6.07) is 3.38. The first-order valence-electron chi connectivity index (χ1n) is 8.93. The number of aromatic nitrogens is 2. The van der Waals surface area contributed by atoms with Crippen molar-refractivity contribution in [1.29, 1.82) is 0 Å². The van der Waals surface area contributed by atoms with Gasteiger partial charge in [0.05, 0.1) is 5.56 Å². The molecule has 2 saturated carbocycles. The van der Waals surface area contributed by atoms with Crippen LogP contribution >= 0.6 is 0 Å². The Morgan fingerprint density at radius 1 is 1.30 bits per heavy atom. The highest BCUT2D eigenvalue weighted by Gasteiger charge is 2.54. The lowest BCUT2D eigenvalue weighted by Gasteiger charge is -2.35. The third kappa shape index (κ3) is 3.13. The van der Waals surface area contributed by atoms with Crippen LogP contribution < -0.4 is 16.8 Å². The molecule has 6 nitrogen and oxygen atoms in total. The number of nitrogens with one attached hydrogen (secondary N) is 2. The van der Waals surface area contributed by atoms with E-state index in [9.17, 15) is 18.0 Å². The van der Waals surface area contributed by atoms with E-state index >= 15 is 0 Å². The van der Waals surface area contributed by atoms with Crippen LogP contribution in [0, 0.1) is 5.41 Å². The number of hydrogen-bond donors (Lipinski definition) is 3. The van der Waals surface area contributed by atoms with Crippen molar-refractivity contribution in [1.82, 2.24) is 10.2 Å². The second-order valence-corrected chi connectivity index (χ2v) is 7.94. The molecule has 0 aliphatic heterocycles. The zero-order valence-corrected chi connectivity index (χ0v) is 14.8. The molecule has 2 aliphatic carbocycles. The number of rotatable bonds is 4. The first-order chi connectivity index (χ1) is 12.6. The second-order valence-electron chi connectivity index (χ2n) is 7.94. The van der Waals surface area contributed by atoms with Gasteiger partial charge in [0, 0.05) is 22.8 Å². The zero-order valence-electron chi connectivity index (χ0n) is 14.8. The van der Waals surface area contributed by atoms with Crippen LogP contribution in [0.3, 0.4) is 0 Å². The van der Waals surface area contributed by atoms with E-state index in [1.54, 1.807) is 0 Å². The maximum absolute atomic E-state index is 13.5. The molecule has 0 amide bonds. The van der Waals surface area contributed by atoms with Gasteiger partial charge in [-0.3, -0.25) is 0 Å². The minimum absolute atomic E-state index is 0.0473. The normalized spacial score (nSPS) is 28.5. The van der Waals surface area contributed by atoms with Gasteiger partial charge in [-0.25, -0.2) is 9.89 Å². The number of hydrogen-bond acceptors (Lipinski definition) is 5. The Balaban J connectivity index is 1.68. The fraction of sp³-hybridized carbons (Fsp3) is 0.556. The minimum Gasteiger partial charge on any atom is -0.388 e. The van der Waals surface area contributed by atoms with Crippen LogP contribution in [-0.2, 0) is 6.18 Å². The van der Waals surface area contributed by atoms with Crippen molar-refractivity contribution in [2.24, 2.45) is 11.1 Å². The van der Waals surface area contributed by atoms with E-state index in [1.807, 2.05) is 6.92 Å². The van der Waals surface area contributed by atoms with Crippen LogP contribution in [0.25, 0.3) is 11.5 Å². The van der Waals surface area contributed by atoms with Crippen molar-refractivity contribution in [3.05, 3.63) is 34.3 Å². The van der Waals surface area contributed by atoms with Crippen molar-refractivity contribution in [3.63, 3.8) is 0 Å². The maximum Gasteiger partial charge on any atom is 0.434 e. The Labute approximate surface area is 153 Å². The van der Waals surface area contributed by atoms with E-state index in [1.165, 1.54) is 12.1 Å². The van der Waals surface area contributed by atoms with Crippen molar-refractivity contribution in [3.8, 4) is 11.5 Å². The summed E-state index contributed by atoms with van der Waals surface area (Å²) in [7, 11) is 0. The van der Waals surface area contributed by atoms with Gasteiger partial charge in [0.2, 0.25) is 5.89 Å². The van der Waals surface area contributed by atoms with E-state index in [0.717, 1.165) is 38.2 Å². The molecule has 0 radical (unpaired) electrons. The molecule has 0 spiro atoms. The topological polar surface area (TPSA) is 96.9 Å². The first-order valence-corrected chi connectivity index (χ1v) is 8.93. The van der Waals surface area contributed by atoms with Gasteiger partial charge >= 0.3 is 11.9 Å². The highest BCUT2D eigenvalue weighted by Crippen LogP contribution is 2.57. The zero-order chi connectivity index (χ0) is 19.4. The molecule has 1 aromatic heterocycles. The van der Waals surface area contributed by atoms with E-state index in [2.05, 4.69) is 15.5 Å². The van der Waals surface area contributed by atoms with E-state index in [0.29, 0.717) is 5.56 Å². The molecule has 1 heterocycles. The molecule has 146 valence electrons. The number of nitrogens with zero attached hydrogens (tertiary/aromatic N) is 1. The van der Waals surface area contributed by atoms with E-state index in [-0.39, 0.29) is 28.6 Å². The fourth-order valence-corrected chi connectivity index (χ4v) is 4.67. The molecule has 1 aromatic carbocycles. The number of H-pyrrole nitrogens is 1. The summed E-state index contributed by atoms with van der Waals surface area (Å²) in [5.41, 5.74) is 5.57. The third-order valence-corrected chi connectivity index (χ3v) is 6.25.